The molecule has 0 saturated carbocycles. The molecule has 2 aromatic rings. The molecule has 4 rings (SSSR count). The molecule has 1 N–H and O–H groups in total. The lowest BCUT2D eigenvalue weighted by atomic mass is 9.99. The molecule has 4 heterocycles. The molecule has 0 spiro atoms. The molecule has 0 bridgehead atoms. The van der Waals surface area contributed by atoms with Crippen molar-refractivity contribution in [3.63, 3.8) is 0 Å². The molecule has 2 aliphatic rings. The van der Waals surface area contributed by atoms with E-state index in [9.17, 15) is 0 Å². The van der Waals surface area contributed by atoms with E-state index in [-0.39, 0.29) is 0 Å². The molecule has 0 aliphatic carbocycles. The predicted molar refractivity (Wildman–Crippen MR) is 84.1 cm³/mol. The fraction of sp³-hybridized carbons (Fsp3) is 0.667. The molecule has 2 unspecified atom stereocenters. The first-order valence-electron chi connectivity index (χ1n) is 7.82. The van der Waals surface area contributed by atoms with Gasteiger partial charge in [-0.2, -0.15) is 4.98 Å². The number of rotatable bonds is 4. The van der Waals surface area contributed by atoms with E-state index in [4.69, 9.17) is 4.74 Å². The highest BCUT2D eigenvalue weighted by Gasteiger charge is 2.35. The lowest BCUT2D eigenvalue weighted by Crippen LogP contribution is -2.44. The molecule has 2 saturated heterocycles. The first-order chi connectivity index (χ1) is 10.4. The van der Waals surface area contributed by atoms with Crippen molar-refractivity contribution in [2.45, 2.75) is 44.3 Å². The second-order valence-corrected chi connectivity index (χ2v) is 6.87. The van der Waals surface area contributed by atoms with E-state index in [2.05, 4.69) is 31.2 Å². The van der Waals surface area contributed by atoms with Crippen molar-refractivity contribution in [2.24, 2.45) is 0 Å². The Balaban J connectivity index is 1.49. The van der Waals surface area contributed by atoms with Gasteiger partial charge >= 0.3 is 0 Å². The largest absolute Gasteiger partial charge is 0.480 e. The molecule has 114 valence electrons. The number of nitrogens with zero attached hydrogens (tertiary/aromatic N) is 3. The minimum atomic E-state index is 0.610. The van der Waals surface area contributed by atoms with Gasteiger partial charge < -0.3 is 10.1 Å². The van der Waals surface area contributed by atoms with E-state index in [0.717, 1.165) is 29.1 Å². The number of hydrogen-bond donors (Lipinski definition) is 1. The summed E-state index contributed by atoms with van der Waals surface area (Å²) < 4.78 is 7.58. The maximum absolute atomic E-state index is 5.43. The second-order valence-electron chi connectivity index (χ2n) is 6.00. The summed E-state index contributed by atoms with van der Waals surface area (Å²) in [5, 5.41) is 5.84. The Morgan fingerprint density at radius 1 is 1.38 bits per heavy atom. The minimum Gasteiger partial charge on any atom is -0.480 e. The number of fused-ring (bicyclic) bond motifs is 2. The quantitative estimate of drug-likeness (QED) is 0.939. The second kappa shape index (κ2) is 5.59. The zero-order chi connectivity index (χ0) is 14.2. The van der Waals surface area contributed by atoms with Crippen LogP contribution in [-0.4, -0.2) is 46.6 Å². The molecular weight excluding hydrogens is 284 g/mol. The lowest BCUT2D eigenvalue weighted by Gasteiger charge is -2.32. The van der Waals surface area contributed by atoms with E-state index >= 15 is 0 Å². The van der Waals surface area contributed by atoms with Gasteiger partial charge in [0.25, 0.3) is 0 Å². The van der Waals surface area contributed by atoms with Gasteiger partial charge in [-0.3, -0.25) is 9.30 Å². The summed E-state index contributed by atoms with van der Waals surface area (Å²) in [4.78, 5) is 8.20. The highest BCUT2D eigenvalue weighted by molar-refractivity contribution is 7.15. The molecule has 0 amide bonds. The first kappa shape index (κ1) is 13.5. The van der Waals surface area contributed by atoms with E-state index in [0.29, 0.717) is 6.04 Å². The van der Waals surface area contributed by atoms with Crippen molar-refractivity contribution in [3.05, 3.63) is 17.3 Å². The van der Waals surface area contributed by atoms with E-state index in [1.54, 1.807) is 18.4 Å². The predicted octanol–water partition coefficient (Wildman–Crippen LogP) is 2.12. The molecule has 2 aliphatic heterocycles. The van der Waals surface area contributed by atoms with Gasteiger partial charge in [0.15, 0.2) is 4.96 Å². The molecule has 0 aromatic carbocycles. The Hall–Kier alpha value is -1.11. The first-order valence-corrected chi connectivity index (χ1v) is 8.70. The van der Waals surface area contributed by atoms with Crippen molar-refractivity contribution in [2.75, 3.05) is 20.2 Å². The Labute approximate surface area is 128 Å². The van der Waals surface area contributed by atoms with Crippen LogP contribution in [0.4, 0.5) is 0 Å². The highest BCUT2D eigenvalue weighted by atomic mass is 32.1. The Kier molecular flexibility index (Phi) is 3.61. The molecule has 2 fully saturated rings. The maximum Gasteiger partial charge on any atom is 0.237 e. The van der Waals surface area contributed by atoms with Crippen molar-refractivity contribution in [3.8, 4) is 5.88 Å². The zero-order valence-electron chi connectivity index (χ0n) is 12.4. The van der Waals surface area contributed by atoms with Crippen molar-refractivity contribution in [1.82, 2.24) is 19.6 Å². The molecule has 2 atom stereocenters. The third kappa shape index (κ3) is 2.35. The van der Waals surface area contributed by atoms with Gasteiger partial charge in [0.2, 0.25) is 5.88 Å². The summed E-state index contributed by atoms with van der Waals surface area (Å²) in [5.41, 5.74) is 1.14. The molecule has 5 nitrogen and oxygen atoms in total. The van der Waals surface area contributed by atoms with Gasteiger partial charge in [-0.1, -0.05) is 6.42 Å². The molecule has 0 radical (unpaired) electrons. The van der Waals surface area contributed by atoms with Gasteiger partial charge in [-0.25, -0.2) is 0 Å². The van der Waals surface area contributed by atoms with Gasteiger partial charge in [0.1, 0.15) is 5.69 Å². The number of hydrogen-bond acceptors (Lipinski definition) is 5. The summed E-state index contributed by atoms with van der Waals surface area (Å²) in [7, 11) is 1.70. The number of methoxy groups -OCH3 is 1. The monoisotopic (exact) mass is 306 g/mol. The third-order valence-electron chi connectivity index (χ3n) is 4.91. The Morgan fingerprint density at radius 3 is 3.24 bits per heavy atom. The number of imidazole rings is 1. The number of aromatic nitrogens is 2. The van der Waals surface area contributed by atoms with Crippen molar-refractivity contribution >= 4 is 16.3 Å². The average molecular weight is 306 g/mol. The number of ether oxygens (including phenoxy) is 1. The molecule has 2 aromatic heterocycles. The summed E-state index contributed by atoms with van der Waals surface area (Å²) in [6.45, 7) is 3.36. The van der Waals surface area contributed by atoms with E-state index < -0.39 is 0 Å². The van der Waals surface area contributed by atoms with Crippen LogP contribution in [0.15, 0.2) is 11.6 Å². The van der Waals surface area contributed by atoms with Gasteiger partial charge in [-0.05, 0) is 25.8 Å². The number of thiazole rings is 1. The van der Waals surface area contributed by atoms with Crippen LogP contribution in [0.5, 0.6) is 5.88 Å². The Bertz CT molecular complexity index is 622. The number of nitrogens with one attached hydrogen (secondary N) is 1. The third-order valence-corrected chi connectivity index (χ3v) is 5.66. The lowest BCUT2D eigenvalue weighted by molar-refractivity contribution is 0.180. The van der Waals surface area contributed by atoms with Crippen LogP contribution in [0.2, 0.25) is 0 Å². The maximum atomic E-state index is 5.43. The van der Waals surface area contributed by atoms with E-state index in [1.807, 2.05) is 0 Å². The molecule has 21 heavy (non-hydrogen) atoms. The van der Waals surface area contributed by atoms with Gasteiger partial charge in [0.05, 0.1) is 7.11 Å². The van der Waals surface area contributed by atoms with Crippen LogP contribution in [0.1, 0.15) is 31.4 Å². The van der Waals surface area contributed by atoms with Gasteiger partial charge in [0, 0.05) is 36.8 Å². The fourth-order valence-corrected chi connectivity index (χ4v) is 4.57. The van der Waals surface area contributed by atoms with Crippen molar-refractivity contribution in [1.29, 1.82) is 0 Å². The SMILES string of the molecule is COc1nc2sccn2c1CNC1CCN2CCCCC12. The zero-order valence-corrected chi connectivity index (χ0v) is 13.2. The summed E-state index contributed by atoms with van der Waals surface area (Å²) in [5.74, 6) is 0.757. The van der Waals surface area contributed by atoms with Crippen molar-refractivity contribution < 1.29 is 4.74 Å². The summed E-state index contributed by atoms with van der Waals surface area (Å²) in [6, 6.07) is 1.34. The summed E-state index contributed by atoms with van der Waals surface area (Å²) in [6.07, 6.45) is 7.43. The highest BCUT2D eigenvalue weighted by Crippen LogP contribution is 2.28. The van der Waals surface area contributed by atoms with E-state index in [1.165, 1.54) is 38.8 Å². The molecule has 6 heteroatoms. The average Bonchev–Trinajstić information content (AvgIpc) is 3.19. The van der Waals surface area contributed by atoms with Crippen LogP contribution in [0.25, 0.3) is 4.96 Å². The number of piperidine rings is 1. The van der Waals surface area contributed by atoms with Crippen LogP contribution >= 0.6 is 11.3 Å². The topological polar surface area (TPSA) is 41.8 Å². The molecular formula is C15H22N4OS. The smallest absolute Gasteiger partial charge is 0.237 e. The van der Waals surface area contributed by atoms with Crippen LogP contribution in [-0.2, 0) is 6.54 Å². The Morgan fingerprint density at radius 2 is 2.33 bits per heavy atom. The van der Waals surface area contributed by atoms with Gasteiger partial charge in [-0.15, -0.1) is 11.3 Å². The normalized spacial score (nSPS) is 26.3. The fourth-order valence-electron chi connectivity index (χ4n) is 3.85. The standard InChI is InChI=1S/C15H22N4OS/c1-20-14-13(19-8-9-21-15(19)17-14)10-16-11-5-7-18-6-3-2-4-12(11)18/h8-9,11-12,16H,2-7,10H2,1H3. The minimum absolute atomic E-state index is 0.610. The van der Waals surface area contributed by atoms with Crippen LogP contribution in [0.3, 0.4) is 0 Å². The van der Waals surface area contributed by atoms with Crippen LogP contribution < -0.4 is 10.1 Å². The summed E-state index contributed by atoms with van der Waals surface area (Å²) >= 11 is 1.65. The van der Waals surface area contributed by atoms with Crippen LogP contribution in [0, 0.1) is 0 Å².